The quantitative estimate of drug-likeness (QED) is 0.831. The number of hydrogen-bond donors (Lipinski definition) is 2. The van der Waals surface area contributed by atoms with Crippen LogP contribution in [0.5, 0.6) is 0 Å². The van der Waals surface area contributed by atoms with Crippen molar-refractivity contribution in [3.8, 4) is 0 Å². The molecule has 2 aromatic heterocycles. The predicted octanol–water partition coefficient (Wildman–Crippen LogP) is 2.17. The van der Waals surface area contributed by atoms with Crippen LogP contribution in [-0.4, -0.2) is 41.5 Å². The van der Waals surface area contributed by atoms with Crippen LogP contribution in [0.2, 0.25) is 0 Å². The first kappa shape index (κ1) is 15.9. The molecule has 0 bridgehead atoms. The highest BCUT2D eigenvalue weighted by Crippen LogP contribution is 2.38. The zero-order valence-electron chi connectivity index (χ0n) is 13.9. The molecule has 6 nitrogen and oxygen atoms in total. The zero-order chi connectivity index (χ0) is 16.2. The Bertz CT molecular complexity index is 681. The minimum atomic E-state index is 0.216. The fourth-order valence-electron chi connectivity index (χ4n) is 3.62. The zero-order valence-corrected chi connectivity index (χ0v) is 13.9. The maximum atomic E-state index is 11.0. The van der Waals surface area contributed by atoms with Gasteiger partial charge in [0, 0.05) is 24.7 Å². The van der Waals surface area contributed by atoms with Crippen LogP contribution in [0.1, 0.15) is 37.3 Å². The highest BCUT2D eigenvalue weighted by molar-refractivity contribution is 5.91. The molecule has 23 heavy (non-hydrogen) atoms. The lowest BCUT2D eigenvalue weighted by Crippen LogP contribution is -2.07. The summed E-state index contributed by atoms with van der Waals surface area (Å²) in [6.45, 7) is 0.970. The topological polar surface area (TPSA) is 71.8 Å². The molecule has 1 aliphatic heterocycles. The summed E-state index contributed by atoms with van der Waals surface area (Å²) in [6.07, 6.45) is 10.2. The average Bonchev–Trinajstić information content (AvgIpc) is 3.11. The fraction of sp³-hybridized carbons (Fsp3) is 0.588. The van der Waals surface area contributed by atoms with E-state index in [1.165, 1.54) is 10.9 Å². The van der Waals surface area contributed by atoms with Crippen molar-refractivity contribution in [1.29, 1.82) is 0 Å². The molecule has 1 saturated carbocycles. The van der Waals surface area contributed by atoms with Crippen LogP contribution in [0.25, 0.3) is 11.0 Å². The molecule has 1 aliphatic carbocycles. The van der Waals surface area contributed by atoms with Crippen molar-refractivity contribution in [2.75, 3.05) is 26.0 Å². The number of carbonyl (C=O) groups is 1. The number of aryl methyl sites for hydroxylation is 1. The summed E-state index contributed by atoms with van der Waals surface area (Å²) in [6, 6.07) is 0.406. The van der Waals surface area contributed by atoms with Crippen molar-refractivity contribution < 1.29 is 4.79 Å². The van der Waals surface area contributed by atoms with Gasteiger partial charge >= 0.3 is 0 Å². The summed E-state index contributed by atoms with van der Waals surface area (Å²) >= 11 is 0. The molecule has 4 rings (SSSR count). The lowest BCUT2D eigenvalue weighted by atomic mass is 10.1. The molecule has 0 aromatic carbocycles. The standard InChI is InChI=1S/C15H18N4O.C2H7N/c20-8-10-3-4-12(6-10)19-7-11-2-1-5-16-14-13(11)15(19)18-9-17-14;1-3-2/h7-10,12H,1-6H2,(H,16,17,18);3H,1-2H3. The SMILES string of the molecule is CNC.O=CC1CCC(n2cc3c4c(ncnc42)NCCC3)C1. The Labute approximate surface area is 136 Å². The summed E-state index contributed by atoms with van der Waals surface area (Å²) < 4.78 is 2.28. The Morgan fingerprint density at radius 1 is 1.35 bits per heavy atom. The predicted molar refractivity (Wildman–Crippen MR) is 91.8 cm³/mol. The van der Waals surface area contributed by atoms with E-state index in [9.17, 15) is 4.79 Å². The van der Waals surface area contributed by atoms with E-state index >= 15 is 0 Å². The van der Waals surface area contributed by atoms with Gasteiger partial charge in [-0.05, 0) is 51.8 Å². The van der Waals surface area contributed by atoms with Crippen molar-refractivity contribution in [3.63, 3.8) is 0 Å². The van der Waals surface area contributed by atoms with Gasteiger partial charge in [-0.25, -0.2) is 9.97 Å². The average molecular weight is 315 g/mol. The molecule has 0 saturated heterocycles. The van der Waals surface area contributed by atoms with E-state index in [-0.39, 0.29) is 5.92 Å². The van der Waals surface area contributed by atoms with Crippen molar-refractivity contribution in [2.45, 2.75) is 38.1 Å². The highest BCUT2D eigenvalue weighted by atomic mass is 16.1. The van der Waals surface area contributed by atoms with Crippen LogP contribution < -0.4 is 10.6 Å². The molecule has 3 heterocycles. The van der Waals surface area contributed by atoms with Crippen LogP contribution in [0.15, 0.2) is 12.5 Å². The molecule has 1 fully saturated rings. The normalized spacial score (nSPS) is 22.9. The molecule has 2 atom stereocenters. The van der Waals surface area contributed by atoms with Gasteiger partial charge in [-0.1, -0.05) is 0 Å². The number of carbonyl (C=O) groups excluding carboxylic acids is 1. The van der Waals surface area contributed by atoms with E-state index in [4.69, 9.17) is 0 Å². The molecule has 2 aromatic rings. The Morgan fingerprint density at radius 3 is 2.91 bits per heavy atom. The molecule has 2 unspecified atom stereocenters. The minimum Gasteiger partial charge on any atom is -0.369 e. The minimum absolute atomic E-state index is 0.216. The fourth-order valence-corrected chi connectivity index (χ4v) is 3.62. The van der Waals surface area contributed by atoms with Crippen LogP contribution in [0.4, 0.5) is 5.82 Å². The lowest BCUT2D eigenvalue weighted by Gasteiger charge is -2.13. The second kappa shape index (κ2) is 7.08. The second-order valence-electron chi connectivity index (χ2n) is 6.38. The number of aldehydes is 1. The van der Waals surface area contributed by atoms with Crippen molar-refractivity contribution in [3.05, 3.63) is 18.1 Å². The highest BCUT2D eigenvalue weighted by Gasteiger charge is 2.28. The molecule has 2 N–H and O–H groups in total. The van der Waals surface area contributed by atoms with E-state index in [0.29, 0.717) is 6.04 Å². The molecule has 0 radical (unpaired) electrons. The molecule has 124 valence electrons. The van der Waals surface area contributed by atoms with Crippen molar-refractivity contribution >= 4 is 23.1 Å². The van der Waals surface area contributed by atoms with Gasteiger partial charge in [0.25, 0.3) is 0 Å². The number of rotatable bonds is 2. The molecule has 0 amide bonds. The number of aromatic nitrogens is 3. The Balaban J connectivity index is 0.000000485. The van der Waals surface area contributed by atoms with E-state index in [1.807, 2.05) is 14.1 Å². The van der Waals surface area contributed by atoms with Crippen LogP contribution in [-0.2, 0) is 11.2 Å². The van der Waals surface area contributed by atoms with Crippen LogP contribution in [0.3, 0.4) is 0 Å². The third-order valence-electron chi connectivity index (χ3n) is 4.63. The molecular weight excluding hydrogens is 290 g/mol. The van der Waals surface area contributed by atoms with Gasteiger partial charge in [-0.3, -0.25) is 0 Å². The van der Waals surface area contributed by atoms with E-state index in [0.717, 1.165) is 56.4 Å². The summed E-state index contributed by atoms with van der Waals surface area (Å²) in [5.41, 5.74) is 2.37. The lowest BCUT2D eigenvalue weighted by molar-refractivity contribution is -0.110. The maximum Gasteiger partial charge on any atom is 0.146 e. The first-order valence-corrected chi connectivity index (χ1v) is 8.40. The second-order valence-corrected chi connectivity index (χ2v) is 6.38. The summed E-state index contributed by atoms with van der Waals surface area (Å²) in [4.78, 5) is 19.9. The van der Waals surface area contributed by atoms with Gasteiger partial charge in [-0.15, -0.1) is 0 Å². The Kier molecular flexibility index (Phi) is 4.91. The first-order valence-electron chi connectivity index (χ1n) is 8.40. The number of hydrogen-bond acceptors (Lipinski definition) is 5. The smallest absolute Gasteiger partial charge is 0.146 e. The van der Waals surface area contributed by atoms with E-state index in [2.05, 4.69) is 31.4 Å². The third-order valence-corrected chi connectivity index (χ3v) is 4.63. The summed E-state index contributed by atoms with van der Waals surface area (Å²) in [7, 11) is 3.75. The number of anilines is 1. The largest absolute Gasteiger partial charge is 0.369 e. The van der Waals surface area contributed by atoms with Gasteiger partial charge < -0.3 is 20.0 Å². The van der Waals surface area contributed by atoms with Gasteiger partial charge in [0.15, 0.2) is 0 Å². The van der Waals surface area contributed by atoms with Gasteiger partial charge in [0.05, 0.1) is 5.39 Å². The van der Waals surface area contributed by atoms with Gasteiger partial charge in [0.2, 0.25) is 0 Å². The maximum absolute atomic E-state index is 11.0. The summed E-state index contributed by atoms with van der Waals surface area (Å²) in [5.74, 6) is 1.18. The van der Waals surface area contributed by atoms with Gasteiger partial charge in [-0.2, -0.15) is 0 Å². The third kappa shape index (κ3) is 3.08. The number of nitrogens with one attached hydrogen (secondary N) is 2. The molecular formula is C17H25N5O. The monoisotopic (exact) mass is 315 g/mol. The molecule has 6 heteroatoms. The molecule has 0 spiro atoms. The van der Waals surface area contributed by atoms with E-state index < -0.39 is 0 Å². The number of nitrogens with zero attached hydrogens (tertiary/aromatic N) is 3. The Morgan fingerprint density at radius 2 is 2.17 bits per heavy atom. The molecule has 2 aliphatic rings. The van der Waals surface area contributed by atoms with Gasteiger partial charge in [0.1, 0.15) is 24.1 Å². The van der Waals surface area contributed by atoms with Crippen LogP contribution >= 0.6 is 0 Å². The van der Waals surface area contributed by atoms with Crippen molar-refractivity contribution in [2.24, 2.45) is 5.92 Å². The summed E-state index contributed by atoms with van der Waals surface area (Å²) in [5, 5.41) is 7.32. The first-order chi connectivity index (χ1) is 11.3. The van der Waals surface area contributed by atoms with E-state index in [1.54, 1.807) is 6.33 Å². The van der Waals surface area contributed by atoms with Crippen molar-refractivity contribution in [1.82, 2.24) is 19.9 Å². The van der Waals surface area contributed by atoms with Crippen LogP contribution in [0, 0.1) is 5.92 Å². The Hall–Kier alpha value is -1.95.